The molecule has 7 nitrogen and oxygen atoms in total. The zero-order valence-electron chi connectivity index (χ0n) is 22.8. The highest BCUT2D eigenvalue weighted by molar-refractivity contribution is 8.00. The van der Waals surface area contributed by atoms with Gasteiger partial charge >= 0.3 is 0 Å². The van der Waals surface area contributed by atoms with Crippen molar-refractivity contribution in [1.29, 1.82) is 0 Å². The smallest absolute Gasteiger partial charge is 0.237 e. The molecule has 0 bridgehead atoms. The van der Waals surface area contributed by atoms with Crippen LogP contribution in [0.2, 0.25) is 0 Å². The molecule has 2 aromatic carbocycles. The first-order valence-corrected chi connectivity index (χ1v) is 14.5. The van der Waals surface area contributed by atoms with Gasteiger partial charge in [0, 0.05) is 16.3 Å². The van der Waals surface area contributed by atoms with Gasteiger partial charge in [-0.25, -0.2) is 0 Å². The number of anilines is 4. The van der Waals surface area contributed by atoms with Crippen LogP contribution in [0.15, 0.2) is 47.5 Å². The number of fused-ring (bicyclic) bond motifs is 2. The Labute approximate surface area is 228 Å². The Bertz CT molecular complexity index is 1480. The lowest BCUT2D eigenvalue weighted by atomic mass is 9.87. The summed E-state index contributed by atoms with van der Waals surface area (Å²) in [6.07, 6.45) is 4.11. The summed E-state index contributed by atoms with van der Waals surface area (Å²) < 4.78 is 6.39. The summed E-state index contributed by atoms with van der Waals surface area (Å²) in [6, 6.07) is 12.9. The molecule has 2 aliphatic heterocycles. The van der Waals surface area contributed by atoms with E-state index < -0.39 is 0 Å². The molecular weight excluding hydrogens is 492 g/mol. The average molecular weight is 529 g/mol. The monoisotopic (exact) mass is 528 g/mol. The van der Waals surface area contributed by atoms with Gasteiger partial charge in [0.25, 0.3) is 0 Å². The molecule has 2 aliphatic rings. The quantitative estimate of drug-likeness (QED) is 0.229. The Morgan fingerprint density at radius 1 is 1.08 bits per heavy atom. The number of aromatic nitrogens is 3. The van der Waals surface area contributed by atoms with Gasteiger partial charge in [0.05, 0.1) is 16.8 Å². The molecule has 4 heterocycles. The number of ether oxygens (including phenoxy) is 1. The summed E-state index contributed by atoms with van der Waals surface area (Å²) >= 11 is 1.84. The van der Waals surface area contributed by atoms with E-state index in [4.69, 9.17) is 14.7 Å². The molecule has 2 aromatic heterocycles. The standard InChI is InChI=1S/C30H36N6OS/c1-17(2)38-26-9-7-6-8-23(26)33-29-27-19(4)16-32-28(27)34-30(35-29)36-20(5)37-25-15-22(18(3)14-24(25)36)21-10-12-31-13-11-21/h6-9,14-17,20-21,31H,10-13H2,1-5H3,(H2,32,33,34,35). The number of nitrogens with zero attached hydrogens (tertiary/aromatic N) is 3. The van der Waals surface area contributed by atoms with E-state index in [9.17, 15) is 0 Å². The molecular formula is C30H36N6OS. The van der Waals surface area contributed by atoms with Gasteiger partial charge in [-0.2, -0.15) is 9.97 Å². The molecule has 0 spiro atoms. The number of H-pyrrole nitrogens is 1. The minimum atomic E-state index is -0.210. The Morgan fingerprint density at radius 3 is 2.66 bits per heavy atom. The molecule has 0 amide bonds. The van der Waals surface area contributed by atoms with Crippen molar-refractivity contribution in [3.8, 4) is 5.75 Å². The Kier molecular flexibility index (Phi) is 6.70. The molecule has 0 aliphatic carbocycles. The van der Waals surface area contributed by atoms with E-state index in [1.807, 2.05) is 18.0 Å². The van der Waals surface area contributed by atoms with Crippen LogP contribution in [0.3, 0.4) is 0 Å². The van der Waals surface area contributed by atoms with Crippen molar-refractivity contribution in [3.05, 3.63) is 59.3 Å². The summed E-state index contributed by atoms with van der Waals surface area (Å²) in [5.74, 6) is 2.90. The molecule has 38 heavy (non-hydrogen) atoms. The molecule has 8 heteroatoms. The third-order valence-electron chi connectivity index (χ3n) is 7.48. The van der Waals surface area contributed by atoms with Gasteiger partial charge in [0.1, 0.15) is 17.2 Å². The number of nitrogens with one attached hydrogen (secondary N) is 3. The number of para-hydroxylation sites is 1. The third kappa shape index (κ3) is 4.60. The van der Waals surface area contributed by atoms with E-state index in [-0.39, 0.29) is 6.23 Å². The number of thioether (sulfide) groups is 1. The number of rotatable bonds is 6. The number of aromatic amines is 1. The summed E-state index contributed by atoms with van der Waals surface area (Å²) in [4.78, 5) is 16.8. The first-order valence-electron chi connectivity index (χ1n) is 13.6. The number of hydrogen-bond acceptors (Lipinski definition) is 7. The fourth-order valence-corrected chi connectivity index (χ4v) is 6.59. The van der Waals surface area contributed by atoms with Crippen LogP contribution >= 0.6 is 11.8 Å². The molecule has 0 radical (unpaired) electrons. The lowest BCUT2D eigenvalue weighted by molar-refractivity contribution is 0.254. The van der Waals surface area contributed by atoms with Crippen LogP contribution in [-0.4, -0.2) is 39.5 Å². The van der Waals surface area contributed by atoms with Crippen LogP contribution in [0.1, 0.15) is 56.2 Å². The van der Waals surface area contributed by atoms with Crippen LogP contribution in [0.25, 0.3) is 11.0 Å². The maximum absolute atomic E-state index is 6.39. The van der Waals surface area contributed by atoms with Crippen molar-refractivity contribution in [2.45, 2.75) is 69.8 Å². The van der Waals surface area contributed by atoms with E-state index in [0.29, 0.717) is 17.1 Å². The molecule has 3 N–H and O–H groups in total. The zero-order chi connectivity index (χ0) is 26.4. The van der Waals surface area contributed by atoms with Gasteiger partial charge in [-0.1, -0.05) is 26.0 Å². The van der Waals surface area contributed by atoms with Gasteiger partial charge in [0.15, 0.2) is 6.23 Å². The first-order chi connectivity index (χ1) is 18.4. The van der Waals surface area contributed by atoms with Crippen LogP contribution < -0.4 is 20.3 Å². The third-order valence-corrected chi connectivity index (χ3v) is 8.56. The molecule has 1 saturated heterocycles. The van der Waals surface area contributed by atoms with Gasteiger partial charge < -0.3 is 20.4 Å². The Morgan fingerprint density at radius 2 is 1.87 bits per heavy atom. The predicted octanol–water partition coefficient (Wildman–Crippen LogP) is 7.16. The lowest BCUT2D eigenvalue weighted by Gasteiger charge is -2.25. The first kappa shape index (κ1) is 25.1. The van der Waals surface area contributed by atoms with Crippen LogP contribution in [0, 0.1) is 13.8 Å². The second kappa shape index (κ2) is 10.2. The molecule has 198 valence electrons. The topological polar surface area (TPSA) is 78.1 Å². The Balaban J connectivity index is 1.41. The molecule has 0 saturated carbocycles. The van der Waals surface area contributed by atoms with Crippen molar-refractivity contribution in [2.24, 2.45) is 0 Å². The molecule has 4 aromatic rings. The molecule has 1 fully saturated rings. The molecule has 1 atom stereocenters. The fraction of sp³-hybridized carbons (Fsp3) is 0.400. The normalized spacial score (nSPS) is 17.7. The number of benzene rings is 2. The molecule has 6 rings (SSSR count). The van der Waals surface area contributed by atoms with Crippen LogP contribution in [-0.2, 0) is 0 Å². The number of piperidine rings is 1. The van der Waals surface area contributed by atoms with Gasteiger partial charge in [-0.3, -0.25) is 4.90 Å². The minimum Gasteiger partial charge on any atom is -0.468 e. The molecule has 1 unspecified atom stereocenters. The van der Waals surface area contributed by atoms with Crippen molar-refractivity contribution >= 4 is 45.9 Å². The SMILES string of the molecule is Cc1cc2c(cc1C1CCNCC1)OC(C)N2c1nc(Nc2ccccc2SC(C)C)c2c(C)c[nH]c2n1. The maximum Gasteiger partial charge on any atom is 0.237 e. The maximum atomic E-state index is 6.39. The average Bonchev–Trinajstić information content (AvgIpc) is 3.43. The van der Waals surface area contributed by atoms with Crippen LogP contribution in [0.5, 0.6) is 5.75 Å². The zero-order valence-corrected chi connectivity index (χ0v) is 23.6. The predicted molar refractivity (Wildman–Crippen MR) is 158 cm³/mol. The van der Waals surface area contributed by atoms with Gasteiger partial charge in [-0.05, 0) is 93.6 Å². The summed E-state index contributed by atoms with van der Waals surface area (Å²) in [5.41, 5.74) is 6.69. The minimum absolute atomic E-state index is 0.210. The van der Waals surface area contributed by atoms with E-state index >= 15 is 0 Å². The highest BCUT2D eigenvalue weighted by Gasteiger charge is 2.33. The van der Waals surface area contributed by atoms with Crippen molar-refractivity contribution in [2.75, 3.05) is 23.3 Å². The van der Waals surface area contributed by atoms with E-state index in [1.54, 1.807) is 0 Å². The lowest BCUT2D eigenvalue weighted by Crippen LogP contribution is -2.29. The van der Waals surface area contributed by atoms with E-state index in [0.717, 1.165) is 65.5 Å². The highest BCUT2D eigenvalue weighted by Crippen LogP contribution is 2.45. The van der Waals surface area contributed by atoms with Crippen molar-refractivity contribution in [1.82, 2.24) is 20.3 Å². The summed E-state index contributed by atoms with van der Waals surface area (Å²) in [7, 11) is 0. The number of hydrogen-bond donors (Lipinski definition) is 3. The van der Waals surface area contributed by atoms with Gasteiger partial charge in [-0.15, -0.1) is 11.8 Å². The largest absolute Gasteiger partial charge is 0.468 e. The Hall–Kier alpha value is -3.23. The second-order valence-corrected chi connectivity index (χ2v) is 12.3. The van der Waals surface area contributed by atoms with E-state index in [2.05, 4.69) is 91.5 Å². The van der Waals surface area contributed by atoms with Crippen LogP contribution in [0.4, 0.5) is 23.1 Å². The van der Waals surface area contributed by atoms with Crippen molar-refractivity contribution in [3.63, 3.8) is 0 Å². The highest BCUT2D eigenvalue weighted by atomic mass is 32.2. The summed E-state index contributed by atoms with van der Waals surface area (Å²) in [5, 5.41) is 8.61. The van der Waals surface area contributed by atoms with Crippen molar-refractivity contribution < 1.29 is 4.74 Å². The van der Waals surface area contributed by atoms with Gasteiger partial charge in [0.2, 0.25) is 5.95 Å². The fourth-order valence-electron chi connectivity index (χ4n) is 5.67. The van der Waals surface area contributed by atoms with E-state index in [1.165, 1.54) is 16.0 Å². The second-order valence-electron chi connectivity index (χ2n) is 10.6. The summed E-state index contributed by atoms with van der Waals surface area (Å²) in [6.45, 7) is 12.9. The number of aryl methyl sites for hydroxylation is 2.